The molecular weight excluding hydrogens is 264 g/mol. The molecule has 0 unspecified atom stereocenters. The number of methoxy groups -OCH3 is 1. The minimum Gasteiger partial charge on any atom is -0.493 e. The summed E-state index contributed by atoms with van der Waals surface area (Å²) in [6, 6.07) is 5.11. The number of hydrogen-bond acceptors (Lipinski definition) is 5. The quantitative estimate of drug-likeness (QED) is 0.915. The Hall–Kier alpha value is -1.69. The summed E-state index contributed by atoms with van der Waals surface area (Å²) in [6.07, 6.45) is 0. The van der Waals surface area contributed by atoms with E-state index in [9.17, 15) is 4.79 Å². The highest BCUT2D eigenvalue weighted by Gasteiger charge is 2.14. The molecular formula is C13H16N2O3S. The topological polar surface area (TPSA) is 59.9 Å². The average molecular weight is 280 g/mol. The molecule has 0 fully saturated rings. The van der Waals surface area contributed by atoms with Crippen molar-refractivity contribution in [3.05, 3.63) is 23.8 Å². The van der Waals surface area contributed by atoms with Crippen molar-refractivity contribution < 1.29 is 14.3 Å². The van der Waals surface area contributed by atoms with Crippen molar-refractivity contribution in [2.45, 2.75) is 6.92 Å². The van der Waals surface area contributed by atoms with Crippen LogP contribution >= 0.6 is 11.8 Å². The number of amidine groups is 1. The second-order valence-corrected chi connectivity index (χ2v) is 4.87. The predicted octanol–water partition coefficient (Wildman–Crippen LogP) is 1.93. The van der Waals surface area contributed by atoms with Gasteiger partial charge in [-0.1, -0.05) is 11.8 Å². The number of nitrogens with zero attached hydrogens (tertiary/aromatic N) is 1. The number of amides is 1. The zero-order valence-corrected chi connectivity index (χ0v) is 11.8. The van der Waals surface area contributed by atoms with Crippen LogP contribution in [-0.4, -0.2) is 37.1 Å². The van der Waals surface area contributed by atoms with Gasteiger partial charge in [0.05, 0.1) is 20.3 Å². The molecule has 0 bridgehead atoms. The first kappa shape index (κ1) is 13.7. The van der Waals surface area contributed by atoms with Gasteiger partial charge in [0, 0.05) is 11.3 Å². The van der Waals surface area contributed by atoms with E-state index in [0.29, 0.717) is 28.8 Å². The third kappa shape index (κ3) is 3.41. The molecule has 0 saturated carbocycles. The second-order valence-electron chi connectivity index (χ2n) is 3.79. The summed E-state index contributed by atoms with van der Waals surface area (Å²) in [4.78, 5) is 16.2. The maximum atomic E-state index is 12.1. The first-order chi connectivity index (χ1) is 9.24. The van der Waals surface area contributed by atoms with E-state index >= 15 is 0 Å². The standard InChI is InChI=1S/C13H16N2O3S/c1-3-18-11-8-9(4-5-10(11)17-2)12(16)15-13-14-6-7-19-13/h4-5,8H,3,6-7H2,1-2H3,(H,14,15,16). The molecule has 19 heavy (non-hydrogen) atoms. The van der Waals surface area contributed by atoms with Crippen LogP contribution in [0, 0.1) is 0 Å². The molecule has 1 aromatic carbocycles. The van der Waals surface area contributed by atoms with E-state index in [1.54, 1.807) is 37.1 Å². The Bertz CT molecular complexity index is 503. The predicted molar refractivity (Wildman–Crippen MR) is 76.4 cm³/mol. The highest BCUT2D eigenvalue weighted by Crippen LogP contribution is 2.28. The highest BCUT2D eigenvalue weighted by molar-refractivity contribution is 8.14. The van der Waals surface area contributed by atoms with Crippen molar-refractivity contribution in [1.29, 1.82) is 0 Å². The lowest BCUT2D eigenvalue weighted by atomic mass is 10.2. The van der Waals surface area contributed by atoms with Gasteiger partial charge in [-0.15, -0.1) is 0 Å². The van der Waals surface area contributed by atoms with Crippen LogP contribution in [0.15, 0.2) is 23.2 Å². The molecule has 0 aromatic heterocycles. The molecule has 1 aliphatic heterocycles. The van der Waals surface area contributed by atoms with Gasteiger partial charge in [-0.3, -0.25) is 9.79 Å². The van der Waals surface area contributed by atoms with Crippen molar-refractivity contribution in [2.75, 3.05) is 26.0 Å². The fourth-order valence-electron chi connectivity index (χ4n) is 1.67. The smallest absolute Gasteiger partial charge is 0.257 e. The Kier molecular flexibility index (Phi) is 4.68. The van der Waals surface area contributed by atoms with E-state index in [-0.39, 0.29) is 5.91 Å². The fraction of sp³-hybridized carbons (Fsp3) is 0.385. The van der Waals surface area contributed by atoms with Crippen LogP contribution in [0.5, 0.6) is 11.5 Å². The molecule has 1 amide bonds. The van der Waals surface area contributed by atoms with Crippen molar-refractivity contribution in [3.63, 3.8) is 0 Å². The van der Waals surface area contributed by atoms with E-state index in [2.05, 4.69) is 10.3 Å². The molecule has 0 spiro atoms. The Morgan fingerprint density at radius 1 is 1.47 bits per heavy atom. The van der Waals surface area contributed by atoms with E-state index < -0.39 is 0 Å². The molecule has 0 saturated heterocycles. The molecule has 0 atom stereocenters. The zero-order chi connectivity index (χ0) is 13.7. The highest BCUT2D eigenvalue weighted by atomic mass is 32.2. The number of benzene rings is 1. The van der Waals surface area contributed by atoms with Crippen LogP contribution in [0.3, 0.4) is 0 Å². The summed E-state index contributed by atoms with van der Waals surface area (Å²) in [7, 11) is 1.57. The first-order valence-corrected chi connectivity index (χ1v) is 7.02. The molecule has 0 aliphatic carbocycles. The van der Waals surface area contributed by atoms with Crippen LogP contribution < -0.4 is 14.8 Å². The molecule has 5 nitrogen and oxygen atoms in total. The number of thioether (sulfide) groups is 1. The largest absolute Gasteiger partial charge is 0.493 e. The van der Waals surface area contributed by atoms with Gasteiger partial charge in [-0.25, -0.2) is 0 Å². The summed E-state index contributed by atoms with van der Waals surface area (Å²) < 4.78 is 10.6. The van der Waals surface area contributed by atoms with Gasteiger partial charge in [0.2, 0.25) is 0 Å². The zero-order valence-electron chi connectivity index (χ0n) is 10.9. The molecule has 0 radical (unpaired) electrons. The summed E-state index contributed by atoms with van der Waals surface area (Å²) in [5, 5.41) is 3.46. The number of aliphatic imine (C=N–C) groups is 1. The molecule has 102 valence electrons. The van der Waals surface area contributed by atoms with Gasteiger partial charge >= 0.3 is 0 Å². The van der Waals surface area contributed by atoms with Gasteiger partial charge in [0.1, 0.15) is 0 Å². The Morgan fingerprint density at radius 3 is 2.95 bits per heavy atom. The van der Waals surface area contributed by atoms with Crippen LogP contribution in [0.2, 0.25) is 0 Å². The Labute approximate surface area is 116 Å². The molecule has 1 N–H and O–H groups in total. The second kappa shape index (κ2) is 6.47. The third-order valence-corrected chi connectivity index (χ3v) is 3.42. The van der Waals surface area contributed by atoms with Crippen molar-refractivity contribution in [2.24, 2.45) is 4.99 Å². The molecule has 2 rings (SSSR count). The summed E-state index contributed by atoms with van der Waals surface area (Å²) in [5.41, 5.74) is 0.527. The van der Waals surface area contributed by atoms with Gasteiger partial charge in [-0.2, -0.15) is 0 Å². The maximum Gasteiger partial charge on any atom is 0.257 e. The van der Waals surface area contributed by atoms with Crippen molar-refractivity contribution >= 4 is 22.8 Å². The summed E-state index contributed by atoms with van der Waals surface area (Å²) in [5.74, 6) is 1.92. The average Bonchev–Trinajstić information content (AvgIpc) is 2.92. The van der Waals surface area contributed by atoms with E-state index in [1.165, 1.54) is 0 Å². The number of ether oxygens (including phenoxy) is 2. The minimum absolute atomic E-state index is 0.184. The van der Waals surface area contributed by atoms with Gasteiger partial charge in [0.15, 0.2) is 16.7 Å². The lowest BCUT2D eigenvalue weighted by Crippen LogP contribution is -2.27. The SMILES string of the molecule is CCOc1cc(C(=O)NC2=NCCS2)ccc1OC. The number of rotatable bonds is 4. The first-order valence-electron chi connectivity index (χ1n) is 6.04. The summed E-state index contributed by atoms with van der Waals surface area (Å²) in [6.45, 7) is 3.16. The number of carbonyl (C=O) groups excluding carboxylic acids is 1. The maximum absolute atomic E-state index is 12.1. The molecule has 1 aliphatic rings. The van der Waals surface area contributed by atoms with E-state index in [0.717, 1.165) is 12.3 Å². The molecule has 1 heterocycles. The lowest BCUT2D eigenvalue weighted by molar-refractivity contribution is 0.0977. The number of hydrogen-bond donors (Lipinski definition) is 1. The van der Waals surface area contributed by atoms with Gasteiger partial charge in [-0.05, 0) is 25.1 Å². The normalized spacial score (nSPS) is 13.9. The molecule has 6 heteroatoms. The number of carbonyl (C=O) groups is 1. The molecule has 1 aromatic rings. The summed E-state index contributed by atoms with van der Waals surface area (Å²) >= 11 is 1.55. The Morgan fingerprint density at radius 2 is 2.32 bits per heavy atom. The van der Waals surface area contributed by atoms with Gasteiger partial charge in [0.25, 0.3) is 5.91 Å². The van der Waals surface area contributed by atoms with Crippen LogP contribution in [-0.2, 0) is 0 Å². The van der Waals surface area contributed by atoms with Crippen LogP contribution in [0.1, 0.15) is 17.3 Å². The Balaban J connectivity index is 2.14. The van der Waals surface area contributed by atoms with Crippen LogP contribution in [0.25, 0.3) is 0 Å². The van der Waals surface area contributed by atoms with E-state index in [1.807, 2.05) is 6.92 Å². The van der Waals surface area contributed by atoms with Crippen molar-refractivity contribution in [1.82, 2.24) is 5.32 Å². The minimum atomic E-state index is -0.184. The monoisotopic (exact) mass is 280 g/mol. The lowest BCUT2D eigenvalue weighted by Gasteiger charge is -2.11. The van der Waals surface area contributed by atoms with Gasteiger partial charge < -0.3 is 14.8 Å². The number of nitrogens with one attached hydrogen (secondary N) is 1. The van der Waals surface area contributed by atoms with Crippen LogP contribution in [0.4, 0.5) is 0 Å². The fourth-order valence-corrected chi connectivity index (χ4v) is 2.39. The van der Waals surface area contributed by atoms with E-state index in [4.69, 9.17) is 9.47 Å². The third-order valence-electron chi connectivity index (χ3n) is 2.53. The van der Waals surface area contributed by atoms with Crippen molar-refractivity contribution in [3.8, 4) is 11.5 Å².